The Balaban J connectivity index is 1.61. The molecule has 1 saturated heterocycles. The van der Waals surface area contributed by atoms with E-state index in [2.05, 4.69) is 17.4 Å². The van der Waals surface area contributed by atoms with E-state index in [9.17, 15) is 4.79 Å². The molecule has 1 heterocycles. The highest BCUT2D eigenvalue weighted by Crippen LogP contribution is 2.19. The average molecular weight is 288 g/mol. The minimum Gasteiger partial charge on any atom is -0.377 e. The molecule has 0 bridgehead atoms. The predicted octanol–water partition coefficient (Wildman–Crippen LogP) is 2.58. The predicted molar refractivity (Wildman–Crippen MR) is 82.2 cm³/mol. The largest absolute Gasteiger partial charge is 0.377 e. The molecule has 0 radical (unpaired) electrons. The van der Waals surface area contributed by atoms with Crippen molar-refractivity contribution in [2.75, 3.05) is 19.8 Å². The van der Waals surface area contributed by atoms with Crippen molar-refractivity contribution in [2.45, 2.75) is 44.2 Å². The van der Waals surface area contributed by atoms with Crippen LogP contribution in [-0.4, -0.2) is 42.8 Å². The summed E-state index contributed by atoms with van der Waals surface area (Å²) in [6.45, 7) is 1.96. The highest BCUT2D eigenvalue weighted by Gasteiger charge is 2.29. The highest BCUT2D eigenvalue weighted by atomic mass is 16.5. The van der Waals surface area contributed by atoms with Gasteiger partial charge in [0.25, 0.3) is 0 Å². The van der Waals surface area contributed by atoms with Crippen LogP contribution in [0.25, 0.3) is 0 Å². The second-order valence-corrected chi connectivity index (χ2v) is 6.04. The molecule has 2 fully saturated rings. The molecule has 3 rings (SSSR count). The smallest absolute Gasteiger partial charge is 0.318 e. The second-order valence-electron chi connectivity index (χ2n) is 6.04. The van der Waals surface area contributed by atoms with Crippen LogP contribution in [-0.2, 0) is 11.2 Å². The van der Waals surface area contributed by atoms with Gasteiger partial charge in [-0.25, -0.2) is 4.79 Å². The monoisotopic (exact) mass is 288 g/mol. The molecule has 1 unspecified atom stereocenters. The van der Waals surface area contributed by atoms with Crippen molar-refractivity contribution in [3.63, 3.8) is 0 Å². The van der Waals surface area contributed by atoms with Crippen LogP contribution in [0.4, 0.5) is 4.79 Å². The Bertz CT molecular complexity index is 457. The third-order valence-electron chi connectivity index (χ3n) is 4.49. The molecular weight excluding hydrogens is 264 g/mol. The normalized spacial score (nSPS) is 23.2. The van der Waals surface area contributed by atoms with Gasteiger partial charge in [-0.1, -0.05) is 43.2 Å². The number of nitrogens with one attached hydrogen (secondary N) is 1. The SMILES string of the molecule is O=C(NC1CCCC1)N1CCOCC1Cc1ccccc1. The Kier molecular flexibility index (Phi) is 4.76. The van der Waals surface area contributed by atoms with E-state index in [4.69, 9.17) is 4.74 Å². The Morgan fingerprint density at radius 1 is 1.24 bits per heavy atom. The van der Waals surface area contributed by atoms with Gasteiger partial charge in [0, 0.05) is 12.6 Å². The maximum Gasteiger partial charge on any atom is 0.318 e. The lowest BCUT2D eigenvalue weighted by atomic mass is 10.0. The molecule has 2 amide bonds. The van der Waals surface area contributed by atoms with Crippen molar-refractivity contribution in [3.8, 4) is 0 Å². The number of carbonyl (C=O) groups excluding carboxylic acids is 1. The number of hydrogen-bond donors (Lipinski definition) is 1. The fourth-order valence-electron chi connectivity index (χ4n) is 3.31. The van der Waals surface area contributed by atoms with Gasteiger partial charge in [-0.2, -0.15) is 0 Å². The summed E-state index contributed by atoms with van der Waals surface area (Å²) in [7, 11) is 0. The minimum atomic E-state index is 0.0890. The third-order valence-corrected chi connectivity index (χ3v) is 4.49. The molecule has 0 spiro atoms. The van der Waals surface area contributed by atoms with E-state index in [1.165, 1.54) is 18.4 Å². The molecule has 4 nitrogen and oxygen atoms in total. The summed E-state index contributed by atoms with van der Waals surface area (Å²) in [5, 5.41) is 3.20. The number of hydrogen-bond acceptors (Lipinski definition) is 2. The summed E-state index contributed by atoms with van der Waals surface area (Å²) in [6, 6.07) is 10.9. The molecule has 4 heteroatoms. The van der Waals surface area contributed by atoms with E-state index in [0.29, 0.717) is 25.8 Å². The maximum atomic E-state index is 12.5. The highest BCUT2D eigenvalue weighted by molar-refractivity contribution is 5.75. The second kappa shape index (κ2) is 6.94. The van der Waals surface area contributed by atoms with Crippen molar-refractivity contribution in [3.05, 3.63) is 35.9 Å². The zero-order chi connectivity index (χ0) is 14.5. The Morgan fingerprint density at radius 2 is 2.00 bits per heavy atom. The number of urea groups is 1. The van der Waals surface area contributed by atoms with Crippen molar-refractivity contribution < 1.29 is 9.53 Å². The van der Waals surface area contributed by atoms with Gasteiger partial charge in [0.1, 0.15) is 0 Å². The van der Waals surface area contributed by atoms with Gasteiger partial charge < -0.3 is 15.0 Å². The Morgan fingerprint density at radius 3 is 2.76 bits per heavy atom. The van der Waals surface area contributed by atoms with E-state index in [1.807, 2.05) is 23.1 Å². The van der Waals surface area contributed by atoms with Gasteiger partial charge in [-0.15, -0.1) is 0 Å². The van der Waals surface area contributed by atoms with E-state index in [-0.39, 0.29) is 12.1 Å². The van der Waals surface area contributed by atoms with E-state index < -0.39 is 0 Å². The molecular formula is C17H24N2O2. The van der Waals surface area contributed by atoms with Gasteiger partial charge in [0.15, 0.2) is 0 Å². The number of carbonyl (C=O) groups is 1. The molecule has 1 aromatic rings. The van der Waals surface area contributed by atoms with Crippen molar-refractivity contribution in [1.82, 2.24) is 10.2 Å². The lowest BCUT2D eigenvalue weighted by molar-refractivity contribution is 0.0121. The van der Waals surface area contributed by atoms with Crippen LogP contribution >= 0.6 is 0 Å². The maximum absolute atomic E-state index is 12.5. The lowest BCUT2D eigenvalue weighted by Gasteiger charge is -2.36. The van der Waals surface area contributed by atoms with Crippen molar-refractivity contribution in [1.29, 1.82) is 0 Å². The van der Waals surface area contributed by atoms with Gasteiger partial charge >= 0.3 is 6.03 Å². The summed E-state index contributed by atoms with van der Waals surface area (Å²) >= 11 is 0. The first-order valence-corrected chi connectivity index (χ1v) is 8.02. The Labute approximate surface area is 126 Å². The number of amides is 2. The summed E-state index contributed by atoms with van der Waals surface area (Å²) in [4.78, 5) is 14.5. The molecule has 114 valence electrons. The number of morpholine rings is 1. The first-order valence-electron chi connectivity index (χ1n) is 8.02. The summed E-state index contributed by atoms with van der Waals surface area (Å²) in [6.07, 6.45) is 5.58. The molecule has 1 aliphatic carbocycles. The Hall–Kier alpha value is -1.55. The number of rotatable bonds is 3. The third kappa shape index (κ3) is 3.76. The quantitative estimate of drug-likeness (QED) is 0.929. The molecule has 1 atom stereocenters. The average Bonchev–Trinajstić information content (AvgIpc) is 3.02. The fraction of sp³-hybridized carbons (Fsp3) is 0.588. The molecule has 2 aliphatic rings. The fourth-order valence-corrected chi connectivity index (χ4v) is 3.31. The van der Waals surface area contributed by atoms with Gasteiger partial charge in [-0.05, 0) is 24.8 Å². The standard InChI is InChI=1S/C17H24N2O2/c20-17(18-15-8-4-5-9-15)19-10-11-21-13-16(19)12-14-6-2-1-3-7-14/h1-3,6-7,15-16H,4-5,8-13H2,(H,18,20). The molecule has 1 saturated carbocycles. The van der Waals surface area contributed by atoms with Crippen LogP contribution < -0.4 is 5.32 Å². The number of ether oxygens (including phenoxy) is 1. The molecule has 1 aliphatic heterocycles. The molecule has 21 heavy (non-hydrogen) atoms. The summed E-state index contributed by atoms with van der Waals surface area (Å²) in [5.41, 5.74) is 1.26. The van der Waals surface area contributed by atoms with E-state index in [0.717, 1.165) is 19.3 Å². The molecule has 1 N–H and O–H groups in total. The van der Waals surface area contributed by atoms with Gasteiger partial charge in [0.2, 0.25) is 0 Å². The first-order chi connectivity index (χ1) is 10.3. The summed E-state index contributed by atoms with van der Waals surface area (Å²) < 4.78 is 5.58. The number of benzene rings is 1. The van der Waals surface area contributed by atoms with Crippen molar-refractivity contribution in [2.24, 2.45) is 0 Å². The van der Waals surface area contributed by atoms with Crippen LogP contribution in [0.5, 0.6) is 0 Å². The van der Waals surface area contributed by atoms with Crippen LogP contribution in [0.15, 0.2) is 30.3 Å². The van der Waals surface area contributed by atoms with E-state index >= 15 is 0 Å². The van der Waals surface area contributed by atoms with Crippen LogP contribution in [0.2, 0.25) is 0 Å². The van der Waals surface area contributed by atoms with Crippen LogP contribution in [0, 0.1) is 0 Å². The zero-order valence-corrected chi connectivity index (χ0v) is 12.5. The number of nitrogens with zero attached hydrogens (tertiary/aromatic N) is 1. The zero-order valence-electron chi connectivity index (χ0n) is 12.5. The van der Waals surface area contributed by atoms with Crippen LogP contribution in [0.3, 0.4) is 0 Å². The van der Waals surface area contributed by atoms with E-state index in [1.54, 1.807) is 0 Å². The van der Waals surface area contributed by atoms with Gasteiger partial charge in [-0.3, -0.25) is 0 Å². The lowest BCUT2D eigenvalue weighted by Crippen LogP contribution is -2.54. The topological polar surface area (TPSA) is 41.6 Å². The van der Waals surface area contributed by atoms with Gasteiger partial charge in [0.05, 0.1) is 19.3 Å². The summed E-state index contributed by atoms with van der Waals surface area (Å²) in [5.74, 6) is 0. The molecule has 1 aromatic carbocycles. The van der Waals surface area contributed by atoms with Crippen LogP contribution in [0.1, 0.15) is 31.2 Å². The van der Waals surface area contributed by atoms with Crippen molar-refractivity contribution >= 4 is 6.03 Å². The minimum absolute atomic E-state index is 0.0890. The molecule has 0 aromatic heterocycles. The first kappa shape index (κ1) is 14.4.